The van der Waals surface area contributed by atoms with Crippen LogP contribution in [0, 0.1) is 5.41 Å². The number of rotatable bonds is 3. The van der Waals surface area contributed by atoms with Crippen LogP contribution in [0.5, 0.6) is 0 Å². The van der Waals surface area contributed by atoms with E-state index in [4.69, 9.17) is 5.73 Å². The highest BCUT2D eigenvalue weighted by molar-refractivity contribution is 6.00. The lowest BCUT2D eigenvalue weighted by atomic mass is 9.84. The predicted octanol–water partition coefficient (Wildman–Crippen LogP) is -0.314. The lowest BCUT2D eigenvalue weighted by Gasteiger charge is -2.26. The molecule has 0 aliphatic carbocycles. The Bertz CT molecular complexity index is 196. The van der Waals surface area contributed by atoms with E-state index in [2.05, 4.69) is 9.47 Å². The molecule has 0 saturated heterocycles. The molecule has 1 atom stereocenters. The van der Waals surface area contributed by atoms with E-state index in [0.717, 1.165) is 0 Å². The van der Waals surface area contributed by atoms with E-state index in [1.54, 1.807) is 6.92 Å². The van der Waals surface area contributed by atoms with Crippen molar-refractivity contribution < 1.29 is 19.1 Å². The van der Waals surface area contributed by atoms with Crippen LogP contribution in [0.1, 0.15) is 13.8 Å². The smallest absolute Gasteiger partial charge is 0.324 e. The fourth-order valence-electron chi connectivity index (χ4n) is 0.879. The molecule has 0 spiro atoms. The lowest BCUT2D eigenvalue weighted by Crippen LogP contribution is -2.50. The van der Waals surface area contributed by atoms with Crippen LogP contribution in [-0.2, 0) is 19.1 Å². The lowest BCUT2D eigenvalue weighted by molar-refractivity contribution is -0.169. The normalized spacial score (nSPS) is 13.3. The van der Waals surface area contributed by atoms with Crippen molar-refractivity contribution in [3.63, 3.8) is 0 Å². The van der Waals surface area contributed by atoms with Crippen molar-refractivity contribution in [3.05, 3.63) is 0 Å². The molecule has 0 radical (unpaired) electrons. The van der Waals surface area contributed by atoms with Crippen molar-refractivity contribution in [1.82, 2.24) is 0 Å². The molecule has 0 aromatic rings. The number of nitrogens with two attached hydrogens (primary N) is 1. The van der Waals surface area contributed by atoms with Crippen LogP contribution < -0.4 is 5.73 Å². The predicted molar refractivity (Wildman–Crippen MR) is 45.8 cm³/mol. The summed E-state index contributed by atoms with van der Waals surface area (Å²) in [5.74, 6) is -1.37. The summed E-state index contributed by atoms with van der Waals surface area (Å²) in [6, 6.07) is -0.660. The van der Waals surface area contributed by atoms with Gasteiger partial charge in [0.25, 0.3) is 0 Å². The minimum absolute atomic E-state index is 0.660. The van der Waals surface area contributed by atoms with Crippen molar-refractivity contribution in [2.45, 2.75) is 19.9 Å². The summed E-state index contributed by atoms with van der Waals surface area (Å²) in [6.07, 6.45) is 0. The Kier molecular flexibility index (Phi) is 3.87. The first-order chi connectivity index (χ1) is 5.91. The van der Waals surface area contributed by atoms with Crippen molar-refractivity contribution >= 4 is 11.9 Å². The summed E-state index contributed by atoms with van der Waals surface area (Å²) in [5.41, 5.74) is 4.10. The van der Waals surface area contributed by atoms with Crippen LogP contribution in [0.2, 0.25) is 0 Å². The molecule has 0 fully saturated rings. The fourth-order valence-corrected chi connectivity index (χ4v) is 0.879. The zero-order chi connectivity index (χ0) is 10.6. The van der Waals surface area contributed by atoms with Gasteiger partial charge in [0.15, 0.2) is 5.41 Å². The molecule has 0 aliphatic rings. The Morgan fingerprint density at radius 3 is 1.69 bits per heavy atom. The second kappa shape index (κ2) is 4.23. The standard InChI is InChI=1S/C8H15NO4/c1-5(9)8(2,6(10)12-3)7(11)13-4/h5H,9H2,1-4H3. The molecule has 0 saturated carbocycles. The molecule has 2 N–H and O–H groups in total. The van der Waals surface area contributed by atoms with Gasteiger partial charge in [-0.05, 0) is 13.8 Å². The van der Waals surface area contributed by atoms with Crippen LogP contribution in [0.25, 0.3) is 0 Å². The maximum atomic E-state index is 11.3. The topological polar surface area (TPSA) is 78.6 Å². The Balaban J connectivity index is 4.94. The van der Waals surface area contributed by atoms with Gasteiger partial charge >= 0.3 is 11.9 Å². The van der Waals surface area contributed by atoms with Crippen LogP contribution >= 0.6 is 0 Å². The summed E-state index contributed by atoms with van der Waals surface area (Å²) in [7, 11) is 2.40. The quantitative estimate of drug-likeness (QED) is 0.486. The van der Waals surface area contributed by atoms with Gasteiger partial charge < -0.3 is 15.2 Å². The third kappa shape index (κ3) is 1.98. The first kappa shape index (κ1) is 11.9. The van der Waals surface area contributed by atoms with Gasteiger partial charge in [-0.15, -0.1) is 0 Å². The molecule has 13 heavy (non-hydrogen) atoms. The van der Waals surface area contributed by atoms with E-state index in [9.17, 15) is 9.59 Å². The molecule has 0 aromatic carbocycles. The van der Waals surface area contributed by atoms with Crippen LogP contribution in [0.3, 0.4) is 0 Å². The minimum atomic E-state index is -1.43. The van der Waals surface area contributed by atoms with Crippen LogP contribution in [0.15, 0.2) is 0 Å². The van der Waals surface area contributed by atoms with Crippen LogP contribution in [0.4, 0.5) is 0 Å². The third-order valence-electron chi connectivity index (χ3n) is 2.13. The highest BCUT2D eigenvalue weighted by Crippen LogP contribution is 2.23. The van der Waals surface area contributed by atoms with Crippen molar-refractivity contribution in [2.24, 2.45) is 11.1 Å². The first-order valence-electron chi connectivity index (χ1n) is 3.83. The average Bonchev–Trinajstić information content (AvgIpc) is 2.13. The van der Waals surface area contributed by atoms with Crippen LogP contribution in [-0.4, -0.2) is 32.2 Å². The SMILES string of the molecule is COC(=O)C(C)(C(=O)OC)C(C)N. The monoisotopic (exact) mass is 189 g/mol. The summed E-state index contributed by atoms with van der Waals surface area (Å²) in [4.78, 5) is 22.5. The number of methoxy groups -OCH3 is 2. The van der Waals surface area contributed by atoms with Gasteiger partial charge in [-0.3, -0.25) is 9.59 Å². The van der Waals surface area contributed by atoms with Crippen molar-refractivity contribution in [2.75, 3.05) is 14.2 Å². The van der Waals surface area contributed by atoms with Gasteiger partial charge in [-0.1, -0.05) is 0 Å². The molecule has 5 heteroatoms. The van der Waals surface area contributed by atoms with Gasteiger partial charge in [-0.2, -0.15) is 0 Å². The Hall–Kier alpha value is -1.10. The second-order valence-electron chi connectivity index (χ2n) is 2.97. The largest absolute Gasteiger partial charge is 0.468 e. The van der Waals surface area contributed by atoms with E-state index < -0.39 is 23.4 Å². The van der Waals surface area contributed by atoms with Gasteiger partial charge in [0.2, 0.25) is 0 Å². The maximum absolute atomic E-state index is 11.3. The van der Waals surface area contributed by atoms with Gasteiger partial charge in [0, 0.05) is 6.04 Å². The molecule has 0 aromatic heterocycles. The highest BCUT2D eigenvalue weighted by Gasteiger charge is 2.47. The summed E-state index contributed by atoms with van der Waals surface area (Å²) >= 11 is 0. The maximum Gasteiger partial charge on any atom is 0.324 e. The number of esters is 2. The van der Waals surface area contributed by atoms with Gasteiger partial charge in [-0.25, -0.2) is 0 Å². The summed E-state index contributed by atoms with van der Waals surface area (Å²) in [6.45, 7) is 2.95. The molecule has 76 valence electrons. The van der Waals surface area contributed by atoms with Crippen molar-refractivity contribution in [1.29, 1.82) is 0 Å². The summed E-state index contributed by atoms with van der Waals surface area (Å²) < 4.78 is 8.96. The van der Waals surface area contributed by atoms with E-state index in [1.807, 2.05) is 0 Å². The van der Waals surface area contributed by atoms with E-state index in [0.29, 0.717) is 0 Å². The Labute approximate surface area is 77.2 Å². The number of carbonyl (C=O) groups is 2. The molecule has 1 unspecified atom stereocenters. The van der Waals surface area contributed by atoms with E-state index >= 15 is 0 Å². The molecular weight excluding hydrogens is 174 g/mol. The van der Waals surface area contributed by atoms with Crippen molar-refractivity contribution in [3.8, 4) is 0 Å². The number of hydrogen-bond acceptors (Lipinski definition) is 5. The molecule has 0 aliphatic heterocycles. The molecule has 0 amide bonds. The zero-order valence-electron chi connectivity index (χ0n) is 8.29. The minimum Gasteiger partial charge on any atom is -0.468 e. The number of carbonyl (C=O) groups excluding carboxylic acids is 2. The van der Waals surface area contributed by atoms with E-state index in [1.165, 1.54) is 21.1 Å². The molecule has 5 nitrogen and oxygen atoms in total. The average molecular weight is 189 g/mol. The van der Waals surface area contributed by atoms with Gasteiger partial charge in [0.1, 0.15) is 0 Å². The first-order valence-corrected chi connectivity index (χ1v) is 3.83. The molecule has 0 rings (SSSR count). The third-order valence-corrected chi connectivity index (χ3v) is 2.13. The molecule has 0 bridgehead atoms. The summed E-state index contributed by atoms with van der Waals surface area (Å²) in [5, 5.41) is 0. The Morgan fingerprint density at radius 2 is 1.54 bits per heavy atom. The molecule has 0 heterocycles. The Morgan fingerprint density at radius 1 is 1.23 bits per heavy atom. The van der Waals surface area contributed by atoms with Gasteiger partial charge in [0.05, 0.1) is 14.2 Å². The fraction of sp³-hybridized carbons (Fsp3) is 0.750. The number of hydrogen-bond donors (Lipinski definition) is 1. The van der Waals surface area contributed by atoms with E-state index in [-0.39, 0.29) is 0 Å². The molecular formula is C8H15NO4. The number of ether oxygens (including phenoxy) is 2. The second-order valence-corrected chi connectivity index (χ2v) is 2.97. The zero-order valence-corrected chi connectivity index (χ0v) is 8.29. The highest BCUT2D eigenvalue weighted by atomic mass is 16.5.